The Morgan fingerprint density at radius 1 is 1.00 bits per heavy atom. The predicted molar refractivity (Wildman–Crippen MR) is 105 cm³/mol. The normalized spacial score (nSPS) is 13.2. The summed E-state index contributed by atoms with van der Waals surface area (Å²) in [4.78, 5) is 42.9. The third-order valence-corrected chi connectivity index (χ3v) is 4.90. The van der Waals surface area contributed by atoms with Gasteiger partial charge in [-0.15, -0.1) is 0 Å². The third kappa shape index (κ3) is 3.09. The van der Waals surface area contributed by atoms with Crippen LogP contribution in [0.1, 0.15) is 56.5 Å². The molecule has 0 atom stereocenters. The van der Waals surface area contributed by atoms with Crippen molar-refractivity contribution in [2.75, 3.05) is 0 Å². The lowest BCUT2D eigenvalue weighted by molar-refractivity contribution is -0.0585. The Morgan fingerprint density at radius 3 is 2.17 bits per heavy atom. The molecule has 146 valence electrons. The van der Waals surface area contributed by atoms with E-state index in [-0.39, 0.29) is 22.6 Å². The highest BCUT2D eigenvalue weighted by Gasteiger charge is 2.39. The van der Waals surface area contributed by atoms with Gasteiger partial charge >= 0.3 is 5.97 Å². The minimum atomic E-state index is -0.846. The molecule has 3 aromatic rings. The molecule has 2 heterocycles. The van der Waals surface area contributed by atoms with Gasteiger partial charge in [0.1, 0.15) is 5.56 Å². The minimum Gasteiger partial charge on any atom is -0.324 e. The van der Waals surface area contributed by atoms with Crippen molar-refractivity contribution in [2.24, 2.45) is 0 Å². The van der Waals surface area contributed by atoms with Crippen molar-refractivity contribution in [3.8, 4) is 5.69 Å². The average Bonchev–Trinajstić information content (AvgIpc) is 3.25. The van der Waals surface area contributed by atoms with Gasteiger partial charge in [-0.1, -0.05) is 54.8 Å². The van der Waals surface area contributed by atoms with E-state index in [2.05, 4.69) is 5.10 Å². The predicted octanol–water partition coefficient (Wildman–Crippen LogP) is 4.02. The fraction of sp³-hybridized carbons (Fsp3) is 0.143. The second kappa shape index (κ2) is 7.18. The number of imide groups is 1. The number of nitrogens with zero attached hydrogens (tertiary/aromatic N) is 3. The van der Waals surface area contributed by atoms with Gasteiger partial charge in [0.25, 0.3) is 11.8 Å². The molecule has 1 aliphatic heterocycles. The standard InChI is InChI=1S/C21H16ClN3O4/c1-12(2)18-15(11-23-24(18)17-10-6-5-9-16(17)22)21(28)29-25-19(26)13-7-3-4-8-14(13)20(25)27/h3-12H,1-2H3. The van der Waals surface area contributed by atoms with Gasteiger partial charge in [0, 0.05) is 0 Å². The Morgan fingerprint density at radius 2 is 1.59 bits per heavy atom. The lowest BCUT2D eigenvalue weighted by Gasteiger charge is -2.15. The monoisotopic (exact) mass is 409 g/mol. The van der Waals surface area contributed by atoms with Crippen LogP contribution in [0.3, 0.4) is 0 Å². The fourth-order valence-corrected chi connectivity index (χ4v) is 3.48. The van der Waals surface area contributed by atoms with Gasteiger partial charge < -0.3 is 4.84 Å². The number of carbonyl (C=O) groups excluding carboxylic acids is 3. The Hall–Kier alpha value is -3.45. The van der Waals surface area contributed by atoms with Crippen LogP contribution in [0.4, 0.5) is 0 Å². The lowest BCUT2D eigenvalue weighted by atomic mass is 10.1. The van der Waals surface area contributed by atoms with Crippen LogP contribution in [0, 0.1) is 0 Å². The Labute approximate surface area is 171 Å². The average molecular weight is 410 g/mol. The number of hydrogen-bond donors (Lipinski definition) is 0. The van der Waals surface area contributed by atoms with Crippen molar-refractivity contribution in [3.05, 3.63) is 82.1 Å². The Bertz CT molecular complexity index is 1120. The first kappa shape index (κ1) is 18.9. The summed E-state index contributed by atoms with van der Waals surface area (Å²) >= 11 is 6.28. The van der Waals surface area contributed by atoms with Crippen LogP contribution >= 0.6 is 11.6 Å². The summed E-state index contributed by atoms with van der Waals surface area (Å²) in [6.45, 7) is 3.78. The van der Waals surface area contributed by atoms with Crippen molar-refractivity contribution in [2.45, 2.75) is 19.8 Å². The van der Waals surface area contributed by atoms with Crippen LogP contribution in [0.2, 0.25) is 5.02 Å². The minimum absolute atomic E-state index is 0.112. The Balaban J connectivity index is 1.68. The van der Waals surface area contributed by atoms with Crippen LogP contribution in [0.5, 0.6) is 0 Å². The molecule has 0 spiro atoms. The summed E-state index contributed by atoms with van der Waals surface area (Å²) in [6, 6.07) is 13.4. The van der Waals surface area contributed by atoms with Gasteiger partial charge in [-0.3, -0.25) is 9.59 Å². The van der Waals surface area contributed by atoms with E-state index in [0.29, 0.717) is 21.5 Å². The number of fused-ring (bicyclic) bond motifs is 1. The first-order chi connectivity index (χ1) is 13.9. The van der Waals surface area contributed by atoms with Gasteiger partial charge in [0.15, 0.2) is 0 Å². The van der Waals surface area contributed by atoms with Crippen molar-refractivity contribution in [1.29, 1.82) is 0 Å². The maximum absolute atomic E-state index is 12.8. The van der Waals surface area contributed by atoms with E-state index in [1.165, 1.54) is 18.3 Å². The van der Waals surface area contributed by atoms with E-state index >= 15 is 0 Å². The molecule has 0 saturated carbocycles. The molecule has 0 N–H and O–H groups in total. The van der Waals surface area contributed by atoms with E-state index in [4.69, 9.17) is 16.4 Å². The number of aromatic nitrogens is 2. The molecule has 0 bridgehead atoms. The van der Waals surface area contributed by atoms with Crippen molar-refractivity contribution in [1.82, 2.24) is 14.8 Å². The number of amides is 2. The van der Waals surface area contributed by atoms with E-state index in [9.17, 15) is 14.4 Å². The molecule has 29 heavy (non-hydrogen) atoms. The topological polar surface area (TPSA) is 81.5 Å². The summed E-state index contributed by atoms with van der Waals surface area (Å²) in [5.74, 6) is -2.31. The van der Waals surface area contributed by atoms with Crippen molar-refractivity contribution in [3.63, 3.8) is 0 Å². The van der Waals surface area contributed by atoms with Gasteiger partial charge in [0.2, 0.25) is 0 Å². The molecule has 0 saturated heterocycles. The molecule has 1 aliphatic rings. The zero-order chi connectivity index (χ0) is 20.7. The first-order valence-corrected chi connectivity index (χ1v) is 9.31. The molecule has 4 rings (SSSR count). The van der Waals surface area contributed by atoms with Crippen molar-refractivity contribution >= 4 is 29.4 Å². The molecular weight excluding hydrogens is 394 g/mol. The highest BCUT2D eigenvalue weighted by Crippen LogP contribution is 2.29. The quantitative estimate of drug-likeness (QED) is 0.608. The van der Waals surface area contributed by atoms with Crippen LogP contribution < -0.4 is 0 Å². The van der Waals surface area contributed by atoms with Crippen LogP contribution in [-0.2, 0) is 4.84 Å². The van der Waals surface area contributed by atoms with Gasteiger partial charge in [-0.25, -0.2) is 9.48 Å². The maximum atomic E-state index is 12.8. The molecule has 7 nitrogen and oxygen atoms in total. The molecule has 1 aromatic heterocycles. The SMILES string of the molecule is CC(C)c1c(C(=O)ON2C(=O)c3ccccc3C2=O)cnn1-c1ccccc1Cl. The summed E-state index contributed by atoms with van der Waals surface area (Å²) in [7, 11) is 0. The van der Waals surface area contributed by atoms with Crippen LogP contribution in [0.25, 0.3) is 5.69 Å². The molecule has 0 unspecified atom stereocenters. The highest BCUT2D eigenvalue weighted by atomic mass is 35.5. The molecule has 2 aromatic carbocycles. The zero-order valence-corrected chi connectivity index (χ0v) is 16.4. The molecule has 8 heteroatoms. The number of rotatable bonds is 4. The molecule has 2 amide bonds. The molecule has 0 fully saturated rings. The molecular formula is C21H16ClN3O4. The summed E-state index contributed by atoms with van der Waals surface area (Å²) in [5, 5.41) is 5.24. The van der Waals surface area contributed by atoms with E-state index < -0.39 is 17.8 Å². The smallest absolute Gasteiger partial charge is 0.324 e. The second-order valence-corrected chi connectivity index (χ2v) is 7.20. The van der Waals surface area contributed by atoms with Crippen molar-refractivity contribution < 1.29 is 19.2 Å². The lowest BCUT2D eigenvalue weighted by Crippen LogP contribution is -2.33. The number of hydroxylamine groups is 2. The molecule has 0 aliphatic carbocycles. The van der Waals surface area contributed by atoms with E-state index in [0.717, 1.165) is 0 Å². The number of halogens is 1. The summed E-state index contributed by atoms with van der Waals surface area (Å²) in [5.41, 5.74) is 1.70. The van der Waals surface area contributed by atoms with Gasteiger partial charge in [-0.2, -0.15) is 5.10 Å². The Kier molecular flexibility index (Phi) is 4.68. The summed E-state index contributed by atoms with van der Waals surface area (Å²) < 4.78 is 1.56. The third-order valence-electron chi connectivity index (χ3n) is 4.58. The van der Waals surface area contributed by atoms with Crippen LogP contribution in [-0.4, -0.2) is 32.6 Å². The number of carbonyl (C=O) groups is 3. The maximum Gasteiger partial charge on any atom is 0.367 e. The molecule has 0 radical (unpaired) electrons. The van der Waals surface area contributed by atoms with Crippen LogP contribution in [0.15, 0.2) is 54.7 Å². The number of para-hydroxylation sites is 1. The number of benzene rings is 2. The largest absolute Gasteiger partial charge is 0.367 e. The second-order valence-electron chi connectivity index (χ2n) is 6.79. The fourth-order valence-electron chi connectivity index (χ4n) is 3.27. The number of hydrogen-bond acceptors (Lipinski definition) is 5. The highest BCUT2D eigenvalue weighted by molar-refractivity contribution is 6.32. The first-order valence-electron chi connectivity index (χ1n) is 8.93. The van der Waals surface area contributed by atoms with Gasteiger partial charge in [-0.05, 0) is 30.2 Å². The van der Waals surface area contributed by atoms with E-state index in [1.807, 2.05) is 19.9 Å². The summed E-state index contributed by atoms with van der Waals surface area (Å²) in [6.07, 6.45) is 1.35. The van der Waals surface area contributed by atoms with E-state index in [1.54, 1.807) is 35.0 Å². The van der Waals surface area contributed by atoms with Gasteiger partial charge in [0.05, 0.1) is 33.7 Å². The zero-order valence-electron chi connectivity index (χ0n) is 15.6.